The maximum atomic E-state index is 13.2. The fourth-order valence-corrected chi connectivity index (χ4v) is 4.06. The van der Waals surface area contributed by atoms with Crippen LogP contribution in [-0.2, 0) is 4.79 Å². The number of fused-ring (bicyclic) bond motifs is 2. The summed E-state index contributed by atoms with van der Waals surface area (Å²) in [5.41, 5.74) is 0.450. The van der Waals surface area contributed by atoms with E-state index in [1.54, 1.807) is 60.7 Å². The number of ether oxygens (including phenoxy) is 4. The number of nitrogens with zero attached hydrogens (tertiary/aromatic N) is 2. The van der Waals surface area contributed by atoms with E-state index in [2.05, 4.69) is 15.7 Å². The van der Waals surface area contributed by atoms with Crippen molar-refractivity contribution < 1.29 is 28.5 Å². The first-order valence-electron chi connectivity index (χ1n) is 11.7. The Morgan fingerprint density at radius 1 is 0.921 bits per heavy atom. The van der Waals surface area contributed by atoms with Gasteiger partial charge in [-0.3, -0.25) is 14.4 Å². The van der Waals surface area contributed by atoms with Gasteiger partial charge in [0.25, 0.3) is 11.5 Å². The van der Waals surface area contributed by atoms with Crippen molar-refractivity contribution in [3.63, 3.8) is 0 Å². The number of carbonyl (C=O) groups excluding carboxylic acids is 2. The molecule has 1 aromatic heterocycles. The van der Waals surface area contributed by atoms with E-state index in [1.165, 1.54) is 14.2 Å². The van der Waals surface area contributed by atoms with Gasteiger partial charge in [0.1, 0.15) is 13.2 Å². The molecule has 3 aromatic carbocycles. The predicted molar refractivity (Wildman–Crippen MR) is 139 cm³/mol. The number of rotatable bonds is 7. The van der Waals surface area contributed by atoms with E-state index in [4.69, 9.17) is 18.9 Å². The number of aromatic nitrogens is 2. The van der Waals surface area contributed by atoms with Crippen LogP contribution in [0.25, 0.3) is 16.5 Å². The van der Waals surface area contributed by atoms with Crippen molar-refractivity contribution in [2.24, 2.45) is 0 Å². The summed E-state index contributed by atoms with van der Waals surface area (Å²) in [6.07, 6.45) is 0. The first-order valence-corrected chi connectivity index (χ1v) is 11.7. The van der Waals surface area contributed by atoms with Gasteiger partial charge in [-0.2, -0.15) is 9.78 Å². The highest BCUT2D eigenvalue weighted by Gasteiger charge is 2.19. The molecule has 0 saturated heterocycles. The average Bonchev–Trinajstić information content (AvgIpc) is 2.96. The van der Waals surface area contributed by atoms with Gasteiger partial charge in [-0.1, -0.05) is 18.2 Å². The van der Waals surface area contributed by atoms with Crippen LogP contribution in [0.2, 0.25) is 0 Å². The topological polar surface area (TPSA) is 130 Å². The van der Waals surface area contributed by atoms with E-state index >= 15 is 0 Å². The van der Waals surface area contributed by atoms with Crippen LogP contribution in [-0.4, -0.2) is 55.6 Å². The maximum Gasteiger partial charge on any atom is 0.279 e. The van der Waals surface area contributed by atoms with Crippen molar-refractivity contribution in [2.75, 3.05) is 39.3 Å². The molecule has 2 heterocycles. The zero-order valence-corrected chi connectivity index (χ0v) is 20.6. The van der Waals surface area contributed by atoms with Crippen LogP contribution >= 0.6 is 0 Å². The summed E-state index contributed by atoms with van der Waals surface area (Å²) >= 11 is 0. The zero-order chi connectivity index (χ0) is 26.6. The molecule has 2 N–H and O–H groups in total. The van der Waals surface area contributed by atoms with Gasteiger partial charge < -0.3 is 29.6 Å². The van der Waals surface area contributed by atoms with Crippen LogP contribution in [0.15, 0.2) is 65.5 Å². The first kappa shape index (κ1) is 24.6. The molecule has 5 rings (SSSR count). The molecule has 11 heteroatoms. The minimum absolute atomic E-state index is 0.0119. The summed E-state index contributed by atoms with van der Waals surface area (Å²) in [5, 5.41) is 10.3. The number of benzene rings is 3. The van der Waals surface area contributed by atoms with Crippen molar-refractivity contribution in [1.29, 1.82) is 0 Å². The Bertz CT molecular complexity index is 1600. The lowest BCUT2D eigenvalue weighted by Gasteiger charge is -2.19. The average molecular weight is 517 g/mol. The second-order valence-electron chi connectivity index (χ2n) is 8.24. The molecular weight excluding hydrogens is 492 g/mol. The number of amides is 2. The fourth-order valence-electron chi connectivity index (χ4n) is 4.06. The van der Waals surface area contributed by atoms with E-state index in [0.29, 0.717) is 58.4 Å². The van der Waals surface area contributed by atoms with Gasteiger partial charge in [0, 0.05) is 23.2 Å². The van der Waals surface area contributed by atoms with E-state index in [-0.39, 0.29) is 12.2 Å². The molecule has 0 aliphatic carbocycles. The van der Waals surface area contributed by atoms with Gasteiger partial charge in [-0.15, -0.1) is 0 Å². The minimum Gasteiger partial charge on any atom is -0.493 e. The molecule has 0 radical (unpaired) electrons. The Morgan fingerprint density at radius 3 is 2.42 bits per heavy atom. The summed E-state index contributed by atoms with van der Waals surface area (Å²) in [6.45, 7) is 0.568. The SMILES string of the molecule is COc1ccc(-n2nc(C(=O)NCC(=O)Nc3ccc4c(c3)OCCO4)c3ccccc3c2=O)cc1OC. The van der Waals surface area contributed by atoms with Gasteiger partial charge in [0.15, 0.2) is 28.7 Å². The maximum absolute atomic E-state index is 13.2. The van der Waals surface area contributed by atoms with E-state index < -0.39 is 17.4 Å². The molecule has 2 amide bonds. The second kappa shape index (κ2) is 10.5. The highest BCUT2D eigenvalue weighted by molar-refractivity contribution is 6.06. The molecule has 0 bridgehead atoms. The summed E-state index contributed by atoms with van der Waals surface area (Å²) in [5.74, 6) is 0.942. The van der Waals surface area contributed by atoms with E-state index in [0.717, 1.165) is 4.68 Å². The Balaban J connectivity index is 1.39. The summed E-state index contributed by atoms with van der Waals surface area (Å²) in [7, 11) is 2.98. The Hall–Kier alpha value is -5.06. The zero-order valence-electron chi connectivity index (χ0n) is 20.6. The van der Waals surface area contributed by atoms with Crippen LogP contribution in [0.3, 0.4) is 0 Å². The van der Waals surface area contributed by atoms with Crippen molar-refractivity contribution in [1.82, 2.24) is 15.1 Å². The van der Waals surface area contributed by atoms with E-state index in [9.17, 15) is 14.4 Å². The molecule has 1 aliphatic rings. The van der Waals surface area contributed by atoms with Gasteiger partial charge in [0.05, 0.1) is 31.8 Å². The monoisotopic (exact) mass is 516 g/mol. The molecule has 4 aromatic rings. The van der Waals surface area contributed by atoms with E-state index in [1.807, 2.05) is 0 Å². The lowest BCUT2D eigenvalue weighted by atomic mass is 10.1. The third kappa shape index (κ3) is 4.81. The van der Waals surface area contributed by atoms with Crippen LogP contribution in [0.4, 0.5) is 5.69 Å². The number of hydrogen-bond acceptors (Lipinski definition) is 8. The van der Waals surface area contributed by atoms with Gasteiger partial charge in [-0.05, 0) is 30.3 Å². The normalized spacial score (nSPS) is 12.1. The van der Waals surface area contributed by atoms with Crippen molar-refractivity contribution in [2.45, 2.75) is 0 Å². The molecule has 0 atom stereocenters. The summed E-state index contributed by atoms with van der Waals surface area (Å²) < 4.78 is 22.7. The third-order valence-corrected chi connectivity index (χ3v) is 5.87. The number of nitrogens with one attached hydrogen (secondary N) is 2. The molecule has 0 fully saturated rings. The second-order valence-corrected chi connectivity index (χ2v) is 8.24. The number of methoxy groups -OCH3 is 2. The Morgan fingerprint density at radius 2 is 1.66 bits per heavy atom. The molecule has 0 unspecified atom stereocenters. The number of carbonyl (C=O) groups is 2. The number of hydrogen-bond donors (Lipinski definition) is 2. The van der Waals surface area contributed by atoms with Crippen LogP contribution in [0.1, 0.15) is 10.5 Å². The smallest absolute Gasteiger partial charge is 0.279 e. The molecule has 0 spiro atoms. The number of anilines is 1. The largest absolute Gasteiger partial charge is 0.493 e. The fraction of sp³-hybridized carbons (Fsp3) is 0.185. The van der Waals surface area contributed by atoms with Gasteiger partial charge in [0.2, 0.25) is 5.91 Å². The quantitative estimate of drug-likeness (QED) is 0.383. The highest BCUT2D eigenvalue weighted by atomic mass is 16.6. The van der Waals surface area contributed by atoms with Crippen molar-refractivity contribution in [3.8, 4) is 28.7 Å². The third-order valence-electron chi connectivity index (χ3n) is 5.87. The molecule has 11 nitrogen and oxygen atoms in total. The first-order chi connectivity index (χ1) is 18.5. The van der Waals surface area contributed by atoms with Gasteiger partial charge >= 0.3 is 0 Å². The standard InChI is InChI=1S/C27H24N4O7/c1-35-20-10-8-17(14-22(20)36-2)31-27(34)19-6-4-3-5-18(19)25(30-31)26(33)28-15-24(32)29-16-7-9-21-23(13-16)38-12-11-37-21/h3-10,13-14H,11-12,15H2,1-2H3,(H,28,33)(H,29,32). The summed E-state index contributed by atoms with van der Waals surface area (Å²) in [4.78, 5) is 39.0. The van der Waals surface area contributed by atoms with Gasteiger partial charge in [-0.25, -0.2) is 0 Å². The minimum atomic E-state index is -0.618. The Labute approximate surface area is 216 Å². The Kier molecular flexibility index (Phi) is 6.81. The lowest BCUT2D eigenvalue weighted by Crippen LogP contribution is -2.35. The van der Waals surface area contributed by atoms with Crippen LogP contribution < -0.4 is 35.1 Å². The van der Waals surface area contributed by atoms with Crippen LogP contribution in [0, 0.1) is 0 Å². The van der Waals surface area contributed by atoms with Crippen LogP contribution in [0.5, 0.6) is 23.0 Å². The predicted octanol–water partition coefficient (Wildman–Crippen LogP) is 2.54. The van der Waals surface area contributed by atoms with Crippen molar-refractivity contribution >= 4 is 28.3 Å². The lowest BCUT2D eigenvalue weighted by molar-refractivity contribution is -0.115. The van der Waals surface area contributed by atoms with Crippen molar-refractivity contribution in [3.05, 3.63) is 76.7 Å². The molecule has 1 aliphatic heterocycles. The molecule has 38 heavy (non-hydrogen) atoms. The molecule has 0 saturated carbocycles. The summed E-state index contributed by atoms with van der Waals surface area (Å²) in [6, 6.07) is 16.5. The molecule has 194 valence electrons. The molecular formula is C27H24N4O7. The highest BCUT2D eigenvalue weighted by Crippen LogP contribution is 2.32.